The first-order valence-corrected chi connectivity index (χ1v) is 22.5. The Labute approximate surface area is 401 Å². The van der Waals surface area contributed by atoms with Gasteiger partial charge in [-0.3, -0.25) is 0 Å². The van der Waals surface area contributed by atoms with E-state index in [1.54, 1.807) is 24.3 Å². The van der Waals surface area contributed by atoms with Gasteiger partial charge in [0, 0.05) is 66.2 Å². The molecule has 0 N–H and O–H groups in total. The first kappa shape index (κ1) is 41.0. The van der Waals surface area contributed by atoms with Crippen molar-refractivity contribution in [3.63, 3.8) is 0 Å². The number of nitriles is 3. The number of rotatable bonds is 7. The second kappa shape index (κ2) is 16.8. The van der Waals surface area contributed by atoms with Crippen LogP contribution in [-0.4, -0.2) is 24.1 Å². The summed E-state index contributed by atoms with van der Waals surface area (Å²) in [6, 6.07) is 72.3. The molecular formula is C61H33N9. The SMILES string of the molecule is [C-]#[N+]c1ccc(-c2cc(-c3nc(-c4ccccc4)nc(-c4ccccc4)n3)cc(-c3ccc(C#N)cc3C#N)c2-n2c3ccccc3c3cc(-n4c5ccccc5c5ccccc54)ccc32)c(C#N)c1. The van der Waals surface area contributed by atoms with E-state index >= 15 is 0 Å². The third-order valence-corrected chi connectivity index (χ3v) is 12.9. The van der Waals surface area contributed by atoms with E-state index in [2.05, 4.69) is 111 Å². The van der Waals surface area contributed by atoms with Gasteiger partial charge in [-0.2, -0.15) is 15.8 Å². The molecule has 12 rings (SSSR count). The summed E-state index contributed by atoms with van der Waals surface area (Å²) in [6.07, 6.45) is 0. The van der Waals surface area contributed by atoms with Gasteiger partial charge >= 0.3 is 0 Å². The summed E-state index contributed by atoms with van der Waals surface area (Å²) >= 11 is 0. The Morgan fingerprint density at radius 3 is 1.40 bits per heavy atom. The Balaban J connectivity index is 1.22. The van der Waals surface area contributed by atoms with E-state index in [-0.39, 0.29) is 11.1 Å². The highest BCUT2D eigenvalue weighted by Gasteiger charge is 2.26. The fraction of sp³-hybridized carbons (Fsp3) is 0. The van der Waals surface area contributed by atoms with Crippen molar-refractivity contribution in [2.24, 2.45) is 0 Å². The van der Waals surface area contributed by atoms with Crippen molar-refractivity contribution in [2.45, 2.75) is 0 Å². The third kappa shape index (κ3) is 6.72. The maximum atomic E-state index is 10.9. The molecule has 0 spiro atoms. The number of para-hydroxylation sites is 3. The number of fused-ring (bicyclic) bond motifs is 6. The monoisotopic (exact) mass is 891 g/mol. The Morgan fingerprint density at radius 1 is 0.386 bits per heavy atom. The maximum Gasteiger partial charge on any atom is 0.188 e. The van der Waals surface area contributed by atoms with Gasteiger partial charge in [0.05, 0.1) is 63.7 Å². The van der Waals surface area contributed by atoms with Gasteiger partial charge in [0.25, 0.3) is 0 Å². The van der Waals surface area contributed by atoms with E-state index in [0.29, 0.717) is 62.2 Å². The van der Waals surface area contributed by atoms with Crippen LogP contribution in [0.1, 0.15) is 16.7 Å². The van der Waals surface area contributed by atoms with Crippen molar-refractivity contribution in [3.8, 4) is 86.0 Å². The second-order valence-electron chi connectivity index (χ2n) is 16.8. The van der Waals surface area contributed by atoms with E-state index in [0.717, 1.165) is 60.4 Å². The zero-order valence-electron chi connectivity index (χ0n) is 37.1. The van der Waals surface area contributed by atoms with Crippen molar-refractivity contribution in [3.05, 3.63) is 228 Å². The van der Waals surface area contributed by atoms with E-state index in [1.807, 2.05) is 97.1 Å². The van der Waals surface area contributed by atoms with Crippen LogP contribution < -0.4 is 0 Å². The van der Waals surface area contributed by atoms with E-state index < -0.39 is 0 Å². The molecule has 0 atom stereocenters. The average molecular weight is 892 g/mol. The molecule has 3 heterocycles. The third-order valence-electron chi connectivity index (χ3n) is 12.9. The van der Waals surface area contributed by atoms with E-state index in [4.69, 9.17) is 21.5 Å². The van der Waals surface area contributed by atoms with Crippen LogP contribution in [-0.2, 0) is 0 Å². The smallest absolute Gasteiger partial charge is 0.188 e. The summed E-state index contributed by atoms with van der Waals surface area (Å²) in [5.74, 6) is 1.30. The van der Waals surface area contributed by atoms with E-state index in [9.17, 15) is 15.8 Å². The van der Waals surface area contributed by atoms with Crippen LogP contribution in [0.15, 0.2) is 200 Å². The van der Waals surface area contributed by atoms with Crippen molar-refractivity contribution in [1.29, 1.82) is 15.8 Å². The number of nitrogens with zero attached hydrogens (tertiary/aromatic N) is 9. The first-order valence-electron chi connectivity index (χ1n) is 22.5. The standard InChI is InChI=1S/C61H33N9/c1-65-44-25-28-47(43(31-44)37-64)53-33-41(61-67-59(39-14-4-2-5-15-39)66-60(68-61)40-16-6-3-7-17-40)32-52(46-27-24-38(35-62)30-42(46)36-63)58(53)70-56-23-13-10-20-50(56)51-34-45(26-29-57(51)70)69-54-21-11-8-18-48(54)49-19-9-12-22-55(49)69/h2-34H. The molecule has 3 aromatic heterocycles. The van der Waals surface area contributed by atoms with Crippen molar-refractivity contribution in [1.82, 2.24) is 24.1 Å². The number of aromatic nitrogens is 5. The van der Waals surface area contributed by atoms with Gasteiger partial charge in [-0.1, -0.05) is 133 Å². The minimum absolute atomic E-state index is 0.285. The number of hydrogen-bond acceptors (Lipinski definition) is 6. The van der Waals surface area contributed by atoms with Gasteiger partial charge in [0.1, 0.15) is 0 Å². The van der Waals surface area contributed by atoms with E-state index in [1.165, 1.54) is 0 Å². The normalized spacial score (nSPS) is 11.1. The molecule has 0 radical (unpaired) electrons. The summed E-state index contributed by atoms with van der Waals surface area (Å²) in [7, 11) is 0. The average Bonchev–Trinajstić information content (AvgIpc) is 3.95. The van der Waals surface area contributed by atoms with Crippen LogP contribution >= 0.6 is 0 Å². The first-order chi connectivity index (χ1) is 34.5. The Bertz CT molecular complexity index is 4080. The zero-order chi connectivity index (χ0) is 47.3. The fourth-order valence-electron chi connectivity index (χ4n) is 9.76. The second-order valence-corrected chi connectivity index (χ2v) is 16.8. The van der Waals surface area contributed by atoms with Crippen LogP contribution in [0.3, 0.4) is 0 Å². The lowest BCUT2D eigenvalue weighted by atomic mass is 9.88. The molecular weight excluding hydrogens is 859 g/mol. The maximum absolute atomic E-state index is 10.9. The molecule has 0 saturated carbocycles. The largest absolute Gasteiger partial charge is 0.309 e. The molecule has 12 aromatic rings. The molecule has 0 amide bonds. The van der Waals surface area contributed by atoms with Crippen LogP contribution in [0.2, 0.25) is 0 Å². The molecule has 0 bridgehead atoms. The molecule has 322 valence electrons. The molecule has 9 aromatic carbocycles. The summed E-state index contributed by atoms with van der Waals surface area (Å²) < 4.78 is 4.51. The molecule has 0 fully saturated rings. The molecule has 70 heavy (non-hydrogen) atoms. The van der Waals surface area contributed by atoms with Gasteiger partial charge < -0.3 is 9.13 Å². The summed E-state index contributed by atoms with van der Waals surface area (Å²) in [5, 5.41) is 36.2. The van der Waals surface area contributed by atoms with Crippen LogP contribution in [0, 0.1) is 40.6 Å². The predicted octanol–water partition coefficient (Wildman–Crippen LogP) is 14.6. The summed E-state index contributed by atoms with van der Waals surface area (Å²) in [6.45, 7) is 7.87. The molecule has 0 saturated heterocycles. The van der Waals surface area contributed by atoms with Crippen molar-refractivity contribution >= 4 is 49.3 Å². The summed E-state index contributed by atoms with van der Waals surface area (Å²) in [4.78, 5) is 18.9. The highest BCUT2D eigenvalue weighted by Crippen LogP contribution is 2.46. The number of hydrogen-bond donors (Lipinski definition) is 0. The lowest BCUT2D eigenvalue weighted by Crippen LogP contribution is -2.05. The van der Waals surface area contributed by atoms with Crippen LogP contribution in [0.4, 0.5) is 5.69 Å². The highest BCUT2D eigenvalue weighted by atomic mass is 15.0. The van der Waals surface area contributed by atoms with Gasteiger partial charge in [-0.25, -0.2) is 19.8 Å². The molecule has 0 aliphatic rings. The summed E-state index contributed by atoms with van der Waals surface area (Å²) in [5.41, 5.74) is 11.4. The van der Waals surface area contributed by atoms with Crippen molar-refractivity contribution < 1.29 is 0 Å². The van der Waals surface area contributed by atoms with Crippen LogP contribution in [0.5, 0.6) is 0 Å². The fourth-order valence-corrected chi connectivity index (χ4v) is 9.76. The zero-order valence-corrected chi connectivity index (χ0v) is 37.1. The lowest BCUT2D eigenvalue weighted by molar-refractivity contribution is 1.07. The van der Waals surface area contributed by atoms with Crippen molar-refractivity contribution in [2.75, 3.05) is 0 Å². The van der Waals surface area contributed by atoms with Gasteiger partial charge in [0.15, 0.2) is 23.2 Å². The number of benzene rings is 9. The Morgan fingerprint density at radius 2 is 0.857 bits per heavy atom. The Hall–Kier alpha value is -10.5. The molecule has 9 nitrogen and oxygen atoms in total. The minimum Gasteiger partial charge on any atom is -0.309 e. The minimum atomic E-state index is 0.285. The lowest BCUT2D eigenvalue weighted by Gasteiger charge is -2.22. The van der Waals surface area contributed by atoms with Gasteiger partial charge in [-0.05, 0) is 72.3 Å². The molecule has 0 unspecified atom stereocenters. The topological polar surface area (TPSA) is 124 Å². The van der Waals surface area contributed by atoms with Gasteiger partial charge in [0.2, 0.25) is 0 Å². The molecule has 0 aliphatic carbocycles. The Kier molecular flexibility index (Phi) is 9.82. The van der Waals surface area contributed by atoms with Gasteiger partial charge in [-0.15, -0.1) is 0 Å². The predicted molar refractivity (Wildman–Crippen MR) is 276 cm³/mol. The molecule has 9 heteroatoms. The highest BCUT2D eigenvalue weighted by molar-refractivity contribution is 6.13. The molecule has 0 aliphatic heterocycles. The van der Waals surface area contributed by atoms with Crippen LogP contribution in [0.25, 0.3) is 116 Å². The quantitative estimate of drug-likeness (QED) is 0.147.